The first-order valence-corrected chi connectivity index (χ1v) is 3.58. The second kappa shape index (κ2) is 3.91. The molecule has 0 radical (unpaired) electrons. The first-order valence-electron chi connectivity index (χ1n) is 3.58. The molecule has 0 aromatic heterocycles. The highest BCUT2D eigenvalue weighted by atomic mass is 16.8. The van der Waals surface area contributed by atoms with Crippen LogP contribution in [0, 0.1) is 0 Å². The molecule has 60 valence electrons. The molecule has 0 aromatic rings. The molecule has 0 N–H and O–H groups in total. The highest BCUT2D eigenvalue weighted by molar-refractivity contribution is 4.57. The smallest absolute Gasteiger partial charge is 0.160 e. The van der Waals surface area contributed by atoms with E-state index in [1.807, 2.05) is 0 Å². The molecule has 1 heterocycles. The van der Waals surface area contributed by atoms with Crippen molar-refractivity contribution in [3.63, 3.8) is 0 Å². The Morgan fingerprint density at radius 1 is 1.10 bits per heavy atom. The van der Waals surface area contributed by atoms with Crippen LogP contribution in [0.2, 0.25) is 0 Å². The van der Waals surface area contributed by atoms with Crippen LogP contribution in [0.25, 0.3) is 0 Å². The summed E-state index contributed by atoms with van der Waals surface area (Å²) in [4.78, 5) is 0. The second-order valence-corrected chi connectivity index (χ2v) is 2.40. The summed E-state index contributed by atoms with van der Waals surface area (Å²) in [6, 6.07) is 0. The van der Waals surface area contributed by atoms with Crippen molar-refractivity contribution >= 4 is 0 Å². The summed E-state index contributed by atoms with van der Waals surface area (Å²) in [5.41, 5.74) is 0. The van der Waals surface area contributed by atoms with E-state index < -0.39 is 0 Å². The number of hydrogen-bond donors (Lipinski definition) is 0. The van der Waals surface area contributed by atoms with Crippen LogP contribution in [-0.4, -0.2) is 26.8 Å². The van der Waals surface area contributed by atoms with Gasteiger partial charge in [-0.2, -0.15) is 0 Å². The van der Waals surface area contributed by atoms with Crippen molar-refractivity contribution in [1.82, 2.24) is 0 Å². The van der Waals surface area contributed by atoms with Crippen molar-refractivity contribution < 1.29 is 14.2 Å². The Kier molecular flexibility index (Phi) is 3.12. The van der Waals surface area contributed by atoms with Gasteiger partial charge in [0.2, 0.25) is 0 Å². The molecule has 1 rings (SSSR count). The van der Waals surface area contributed by atoms with Gasteiger partial charge in [-0.05, 0) is 19.3 Å². The van der Waals surface area contributed by atoms with E-state index >= 15 is 0 Å². The predicted octanol–water partition coefficient (Wildman–Crippen LogP) is 1.13. The third-order valence-corrected chi connectivity index (χ3v) is 1.71. The normalized spacial score (nSPS) is 34.2. The fourth-order valence-corrected chi connectivity index (χ4v) is 1.10. The molecule has 3 heteroatoms. The number of methoxy groups -OCH3 is 2. The maximum absolute atomic E-state index is 5.34. The van der Waals surface area contributed by atoms with Crippen LogP contribution in [0.15, 0.2) is 0 Å². The molecule has 1 unspecified atom stereocenters. The lowest BCUT2D eigenvalue weighted by Crippen LogP contribution is -2.29. The van der Waals surface area contributed by atoms with Crippen LogP contribution in [0.4, 0.5) is 0 Å². The van der Waals surface area contributed by atoms with Gasteiger partial charge < -0.3 is 14.2 Å². The Labute approximate surface area is 61.3 Å². The Morgan fingerprint density at radius 3 is 2.00 bits per heavy atom. The van der Waals surface area contributed by atoms with Crippen molar-refractivity contribution in [2.45, 2.75) is 31.8 Å². The standard InChI is InChI=1S/C7H14O3/c1-8-6-4-3-5-7(9-2)10-6/h6-7H,3-5H2,1-2H3/t6-,7?/m0/s1. The van der Waals surface area contributed by atoms with Crippen LogP contribution < -0.4 is 0 Å². The first-order chi connectivity index (χ1) is 4.86. The molecule has 0 aliphatic carbocycles. The summed E-state index contributed by atoms with van der Waals surface area (Å²) < 4.78 is 15.4. The second-order valence-electron chi connectivity index (χ2n) is 2.40. The number of hydrogen-bond acceptors (Lipinski definition) is 3. The van der Waals surface area contributed by atoms with E-state index in [1.165, 1.54) is 0 Å². The number of rotatable bonds is 2. The van der Waals surface area contributed by atoms with Crippen molar-refractivity contribution in [1.29, 1.82) is 0 Å². The zero-order valence-electron chi connectivity index (χ0n) is 6.50. The summed E-state index contributed by atoms with van der Waals surface area (Å²) in [6.45, 7) is 0. The maximum atomic E-state index is 5.34. The highest BCUT2D eigenvalue weighted by Gasteiger charge is 2.20. The Bertz CT molecular complexity index is 84.9. The zero-order chi connectivity index (χ0) is 7.40. The van der Waals surface area contributed by atoms with Gasteiger partial charge in [0.05, 0.1) is 0 Å². The van der Waals surface area contributed by atoms with Gasteiger partial charge in [-0.1, -0.05) is 0 Å². The van der Waals surface area contributed by atoms with E-state index in [4.69, 9.17) is 14.2 Å². The van der Waals surface area contributed by atoms with E-state index in [2.05, 4.69) is 0 Å². The van der Waals surface area contributed by atoms with E-state index in [9.17, 15) is 0 Å². The van der Waals surface area contributed by atoms with E-state index in [-0.39, 0.29) is 12.6 Å². The van der Waals surface area contributed by atoms with Gasteiger partial charge in [0.15, 0.2) is 12.6 Å². The molecular weight excluding hydrogens is 132 g/mol. The molecule has 1 fully saturated rings. The average molecular weight is 146 g/mol. The van der Waals surface area contributed by atoms with E-state index in [0.717, 1.165) is 19.3 Å². The van der Waals surface area contributed by atoms with Crippen LogP contribution in [0.1, 0.15) is 19.3 Å². The summed E-state index contributed by atoms with van der Waals surface area (Å²) in [7, 11) is 3.31. The molecule has 0 bridgehead atoms. The zero-order valence-corrected chi connectivity index (χ0v) is 6.50. The molecule has 1 saturated heterocycles. The average Bonchev–Trinajstić information content (AvgIpc) is 2.05. The third-order valence-electron chi connectivity index (χ3n) is 1.71. The Morgan fingerprint density at radius 2 is 1.60 bits per heavy atom. The Balaban J connectivity index is 2.25. The molecule has 2 atom stereocenters. The maximum Gasteiger partial charge on any atom is 0.160 e. The minimum absolute atomic E-state index is 0.0568. The van der Waals surface area contributed by atoms with Crippen LogP contribution in [-0.2, 0) is 14.2 Å². The van der Waals surface area contributed by atoms with Gasteiger partial charge in [-0.15, -0.1) is 0 Å². The molecule has 1 aliphatic rings. The lowest BCUT2D eigenvalue weighted by Gasteiger charge is -2.27. The predicted molar refractivity (Wildman–Crippen MR) is 36.5 cm³/mol. The highest BCUT2D eigenvalue weighted by Crippen LogP contribution is 2.19. The van der Waals surface area contributed by atoms with Gasteiger partial charge >= 0.3 is 0 Å². The summed E-state index contributed by atoms with van der Waals surface area (Å²) in [6.07, 6.45) is 2.97. The van der Waals surface area contributed by atoms with Crippen LogP contribution in [0.5, 0.6) is 0 Å². The number of ether oxygens (including phenoxy) is 3. The van der Waals surface area contributed by atoms with Gasteiger partial charge in [0, 0.05) is 14.2 Å². The molecule has 3 nitrogen and oxygen atoms in total. The molecule has 10 heavy (non-hydrogen) atoms. The van der Waals surface area contributed by atoms with Crippen LogP contribution >= 0.6 is 0 Å². The van der Waals surface area contributed by atoms with Gasteiger partial charge in [-0.3, -0.25) is 0 Å². The molecule has 0 spiro atoms. The van der Waals surface area contributed by atoms with Gasteiger partial charge in [0.1, 0.15) is 0 Å². The fraction of sp³-hybridized carbons (Fsp3) is 1.00. The van der Waals surface area contributed by atoms with Crippen molar-refractivity contribution in [3.05, 3.63) is 0 Å². The molecule has 0 amide bonds. The Hall–Kier alpha value is -0.120. The lowest BCUT2D eigenvalue weighted by molar-refractivity contribution is -0.251. The van der Waals surface area contributed by atoms with Gasteiger partial charge in [0.25, 0.3) is 0 Å². The topological polar surface area (TPSA) is 27.7 Å². The van der Waals surface area contributed by atoms with Crippen molar-refractivity contribution in [2.24, 2.45) is 0 Å². The van der Waals surface area contributed by atoms with Crippen LogP contribution in [0.3, 0.4) is 0 Å². The molecule has 1 aliphatic heterocycles. The minimum atomic E-state index is -0.0568. The monoisotopic (exact) mass is 146 g/mol. The molecule has 0 aromatic carbocycles. The van der Waals surface area contributed by atoms with Crippen molar-refractivity contribution in [2.75, 3.05) is 14.2 Å². The third kappa shape index (κ3) is 1.94. The molecule has 0 saturated carbocycles. The summed E-state index contributed by atoms with van der Waals surface area (Å²) in [5.74, 6) is 0. The van der Waals surface area contributed by atoms with E-state index in [1.54, 1.807) is 14.2 Å². The quantitative estimate of drug-likeness (QED) is 0.584. The minimum Gasteiger partial charge on any atom is -0.356 e. The SMILES string of the molecule is COC1CCC[C@@H](OC)O1. The molecular formula is C7H14O3. The summed E-state index contributed by atoms with van der Waals surface area (Å²) >= 11 is 0. The van der Waals surface area contributed by atoms with E-state index in [0.29, 0.717) is 0 Å². The lowest BCUT2D eigenvalue weighted by atomic mass is 10.2. The first kappa shape index (κ1) is 7.98. The largest absolute Gasteiger partial charge is 0.356 e. The summed E-state index contributed by atoms with van der Waals surface area (Å²) in [5, 5.41) is 0. The fourth-order valence-electron chi connectivity index (χ4n) is 1.10. The van der Waals surface area contributed by atoms with Crippen molar-refractivity contribution in [3.8, 4) is 0 Å². The van der Waals surface area contributed by atoms with Gasteiger partial charge in [-0.25, -0.2) is 0 Å².